The summed E-state index contributed by atoms with van der Waals surface area (Å²) in [5, 5.41) is 77.9. The zero-order valence-corrected chi connectivity index (χ0v) is 30.0. The second kappa shape index (κ2) is 23.1. The molecule has 0 amide bonds. The molecule has 2 heterocycles. The summed E-state index contributed by atoms with van der Waals surface area (Å²) >= 11 is 0. The van der Waals surface area contributed by atoms with Gasteiger partial charge in [0.2, 0.25) is 6.04 Å². The van der Waals surface area contributed by atoms with Crippen LogP contribution in [0.1, 0.15) is 66.2 Å². The van der Waals surface area contributed by atoms with Gasteiger partial charge in [-0.15, -0.1) is 0 Å². The molecule has 1 fully saturated rings. The van der Waals surface area contributed by atoms with E-state index < -0.39 is 63.4 Å². The second-order valence-corrected chi connectivity index (χ2v) is 12.9. The van der Waals surface area contributed by atoms with Gasteiger partial charge in [0.05, 0.1) is 25.9 Å². The molecule has 1 aliphatic rings. The van der Waals surface area contributed by atoms with Crippen molar-refractivity contribution in [1.29, 1.82) is 0 Å². The summed E-state index contributed by atoms with van der Waals surface area (Å²) in [6.45, 7) is 12.6. The maximum absolute atomic E-state index is 10.7. The third-order valence-electron chi connectivity index (χ3n) is 7.85. The highest BCUT2D eigenvalue weighted by molar-refractivity contribution is 5.02. The normalized spacial score (nSPS) is 17.8. The Kier molecular flexibility index (Phi) is 22.5. The lowest BCUT2D eigenvalue weighted by Gasteiger charge is -2.26. The first-order valence-corrected chi connectivity index (χ1v) is 15.8. The molecule has 4 N–H and O–H groups in total. The van der Waals surface area contributed by atoms with Crippen LogP contribution in [0.5, 0.6) is 0 Å². The van der Waals surface area contributed by atoms with Crippen molar-refractivity contribution in [1.82, 2.24) is 14.7 Å². The minimum Gasteiger partial charge on any atom is -0.466 e. The number of hydrogen-bond donors (Lipinski definition) is 4. The van der Waals surface area contributed by atoms with Crippen LogP contribution in [0.15, 0.2) is 22.8 Å². The summed E-state index contributed by atoms with van der Waals surface area (Å²) in [7, 11) is 3.47. The average Bonchev–Trinajstić information content (AvgIpc) is 3.78. The fraction of sp³-hybridized carbons (Fsp3) is 0.862. The summed E-state index contributed by atoms with van der Waals surface area (Å²) < 4.78 is 4.81. The van der Waals surface area contributed by atoms with E-state index in [0.717, 1.165) is 39.0 Å². The van der Waals surface area contributed by atoms with Crippen LogP contribution < -0.4 is 0 Å². The molecule has 20 nitrogen and oxygen atoms in total. The number of hydrogen-bond acceptors (Lipinski definition) is 16. The fourth-order valence-corrected chi connectivity index (χ4v) is 4.34. The molecule has 0 radical (unpaired) electrons. The topological polar surface area (TPSA) is 276 Å². The lowest BCUT2D eigenvalue weighted by atomic mass is 10.0. The number of rotatable bonds is 17. The first kappa shape index (κ1) is 47.7. The number of likely N-dealkylation sites (tertiary alicyclic amines) is 1. The van der Waals surface area contributed by atoms with E-state index in [1.54, 1.807) is 25.1 Å². The maximum atomic E-state index is 10.7. The van der Waals surface area contributed by atoms with Gasteiger partial charge in [0.25, 0.3) is 16.6 Å². The number of nitro groups is 4. The minimum atomic E-state index is -1.23. The predicted octanol–water partition coefficient (Wildman–Crippen LogP) is 1.02. The number of furan rings is 1. The van der Waals surface area contributed by atoms with Crippen molar-refractivity contribution in [2.75, 3.05) is 79.7 Å². The van der Waals surface area contributed by atoms with Crippen molar-refractivity contribution < 1.29 is 44.5 Å². The van der Waals surface area contributed by atoms with Gasteiger partial charge in [-0.3, -0.25) is 50.3 Å². The van der Waals surface area contributed by atoms with Gasteiger partial charge in [0.15, 0.2) is 6.10 Å². The second-order valence-electron chi connectivity index (χ2n) is 12.9. The van der Waals surface area contributed by atoms with Gasteiger partial charge >= 0.3 is 0 Å². The zero-order valence-electron chi connectivity index (χ0n) is 30.0. The summed E-state index contributed by atoms with van der Waals surface area (Å²) in [6.07, 6.45) is 2.42. The van der Waals surface area contributed by atoms with Crippen molar-refractivity contribution in [3.63, 3.8) is 0 Å². The van der Waals surface area contributed by atoms with Crippen molar-refractivity contribution in [2.45, 2.75) is 83.1 Å². The standard InChI is InChI=1S/C8H16N2O3.C8H18N2O3.C7H9NO4.C6H14N2O3/c1-8(7-11,10(12)13)6-9-4-2-3-5-9;1-4-9(5-2)6-8(3,7-11)10(12)13;1-5(8(10)11)7(9)6-3-2-4-12-6;1-6(5-9,8(10)11)4-7(2)3/h11H,2-7H2,1H3;11H,4-7H2,1-3H3;2-5,7,9H,1H3;9H,4-5H2,1-3H3. The smallest absolute Gasteiger partial charge is 0.254 e. The van der Waals surface area contributed by atoms with E-state index in [1.165, 1.54) is 40.0 Å². The van der Waals surface area contributed by atoms with E-state index in [1.807, 2.05) is 23.6 Å². The molecule has 5 atom stereocenters. The van der Waals surface area contributed by atoms with Crippen LogP contribution in [0, 0.1) is 40.5 Å². The molecule has 49 heavy (non-hydrogen) atoms. The molecule has 0 aromatic carbocycles. The molecule has 0 spiro atoms. The van der Waals surface area contributed by atoms with Gasteiger partial charge in [-0.25, -0.2) is 0 Å². The van der Waals surface area contributed by atoms with Crippen molar-refractivity contribution >= 4 is 0 Å². The molecule has 0 bridgehead atoms. The Hall–Kier alpha value is -3.40. The lowest BCUT2D eigenvalue weighted by molar-refractivity contribution is -0.569. The van der Waals surface area contributed by atoms with Crippen molar-refractivity contribution in [3.05, 3.63) is 64.6 Å². The average molecular weight is 712 g/mol. The molecule has 1 aromatic heterocycles. The van der Waals surface area contributed by atoms with Gasteiger partial charge in [0, 0.05) is 47.4 Å². The van der Waals surface area contributed by atoms with Crippen LogP contribution in [0.4, 0.5) is 0 Å². The third-order valence-corrected chi connectivity index (χ3v) is 7.85. The molecule has 0 saturated carbocycles. The molecule has 20 heteroatoms. The van der Waals surface area contributed by atoms with Crippen molar-refractivity contribution in [3.8, 4) is 0 Å². The molecule has 1 aliphatic heterocycles. The highest BCUT2D eigenvalue weighted by atomic mass is 16.6. The Morgan fingerprint density at radius 1 is 0.837 bits per heavy atom. The molecule has 1 aromatic rings. The largest absolute Gasteiger partial charge is 0.466 e. The fourth-order valence-electron chi connectivity index (χ4n) is 4.34. The van der Waals surface area contributed by atoms with E-state index in [4.69, 9.17) is 19.7 Å². The van der Waals surface area contributed by atoms with Crippen LogP contribution >= 0.6 is 0 Å². The molecular formula is C29H57N7O13. The maximum Gasteiger partial charge on any atom is 0.254 e. The Morgan fingerprint density at radius 3 is 1.55 bits per heavy atom. The number of aliphatic hydroxyl groups is 4. The number of likely N-dealkylation sites (N-methyl/N-ethyl adjacent to an activating group) is 2. The first-order chi connectivity index (χ1) is 22.6. The monoisotopic (exact) mass is 711 g/mol. The van der Waals surface area contributed by atoms with E-state index in [9.17, 15) is 45.6 Å². The molecule has 0 aliphatic carbocycles. The SMILES string of the molecule is CC(C(O)c1ccco1)[N+](=O)[O-].CC(CO)(CN1CCCC1)[N+](=O)[O-].CCN(CC)CC(C)(CO)[N+](=O)[O-].CN(C)CC(C)(CO)[N+](=O)[O-]. The highest BCUT2D eigenvalue weighted by Gasteiger charge is 2.39. The van der Waals surface area contributed by atoms with Gasteiger partial charge < -0.3 is 29.7 Å². The van der Waals surface area contributed by atoms with Crippen LogP contribution in [-0.4, -0.2) is 157 Å². The Bertz CT molecular complexity index is 1080. The Labute approximate surface area is 286 Å². The molecule has 2 rings (SSSR count). The van der Waals surface area contributed by atoms with Crippen molar-refractivity contribution in [2.24, 2.45) is 0 Å². The molecule has 1 saturated heterocycles. The Balaban J connectivity index is 0. The Morgan fingerprint density at radius 2 is 1.27 bits per heavy atom. The number of aliphatic hydroxyl groups excluding tert-OH is 4. The lowest BCUT2D eigenvalue weighted by Crippen LogP contribution is -2.49. The van der Waals surface area contributed by atoms with Crippen LogP contribution in [0.2, 0.25) is 0 Å². The predicted molar refractivity (Wildman–Crippen MR) is 180 cm³/mol. The molecule has 286 valence electrons. The van der Waals surface area contributed by atoms with E-state index in [2.05, 4.69) is 0 Å². The number of nitrogens with zero attached hydrogens (tertiary/aromatic N) is 7. The first-order valence-electron chi connectivity index (χ1n) is 15.8. The van der Waals surface area contributed by atoms with Gasteiger partial charge in [0.1, 0.15) is 25.6 Å². The minimum absolute atomic E-state index is 0.221. The summed E-state index contributed by atoms with van der Waals surface area (Å²) in [6, 6.07) is 2.03. The highest BCUT2D eigenvalue weighted by Crippen LogP contribution is 2.18. The third kappa shape index (κ3) is 17.2. The quantitative estimate of drug-likeness (QED) is 0.130. The summed E-state index contributed by atoms with van der Waals surface area (Å²) in [5.74, 6) is 0.221. The van der Waals surface area contributed by atoms with Gasteiger partial charge in [-0.05, 0) is 65.2 Å². The van der Waals surface area contributed by atoms with Crippen LogP contribution in [0.25, 0.3) is 0 Å². The van der Waals surface area contributed by atoms with Gasteiger partial charge in [-0.2, -0.15) is 0 Å². The summed E-state index contributed by atoms with van der Waals surface area (Å²) in [4.78, 5) is 45.8. The molecule has 5 unspecified atom stereocenters. The summed E-state index contributed by atoms with van der Waals surface area (Å²) in [5.41, 5.74) is -3.65. The van der Waals surface area contributed by atoms with E-state index in [-0.39, 0.29) is 17.2 Å². The van der Waals surface area contributed by atoms with Gasteiger partial charge in [-0.1, -0.05) is 13.8 Å². The van der Waals surface area contributed by atoms with E-state index >= 15 is 0 Å². The molecular weight excluding hydrogens is 654 g/mol. The van der Waals surface area contributed by atoms with Crippen LogP contribution in [-0.2, 0) is 0 Å². The van der Waals surface area contributed by atoms with E-state index in [0.29, 0.717) is 13.1 Å². The van der Waals surface area contributed by atoms with Crippen LogP contribution in [0.3, 0.4) is 0 Å². The zero-order chi connectivity index (χ0) is 38.6.